The summed E-state index contributed by atoms with van der Waals surface area (Å²) in [6.07, 6.45) is 2.68. The van der Waals surface area contributed by atoms with E-state index in [1.165, 1.54) is 0 Å². The van der Waals surface area contributed by atoms with Gasteiger partial charge in [-0.05, 0) is 27.2 Å². The van der Waals surface area contributed by atoms with Gasteiger partial charge in [-0.2, -0.15) is 0 Å². The van der Waals surface area contributed by atoms with Crippen molar-refractivity contribution >= 4 is 6.09 Å². The molecule has 3 nitrogen and oxygen atoms in total. The minimum absolute atomic E-state index is 0.0525. The molecule has 1 fully saturated rings. The summed E-state index contributed by atoms with van der Waals surface area (Å²) in [6, 6.07) is 0. The predicted molar refractivity (Wildman–Crippen MR) is 60.7 cm³/mol. The molecule has 3 heteroatoms. The Labute approximate surface area is 92.1 Å². The van der Waals surface area contributed by atoms with E-state index < -0.39 is 5.60 Å². The largest absolute Gasteiger partial charge is 0.444 e. The van der Waals surface area contributed by atoms with E-state index in [1.807, 2.05) is 26.8 Å². The summed E-state index contributed by atoms with van der Waals surface area (Å²) in [5.74, 6) is 0. The summed E-state index contributed by atoms with van der Waals surface area (Å²) in [5.41, 5.74) is -0.360. The molecule has 1 heterocycles. The van der Waals surface area contributed by atoms with E-state index in [0.29, 0.717) is 6.54 Å². The maximum Gasteiger partial charge on any atom is 0.410 e. The molecule has 1 atom stereocenters. The molecule has 0 aromatic carbocycles. The maximum atomic E-state index is 11.7. The fourth-order valence-electron chi connectivity index (χ4n) is 1.63. The van der Waals surface area contributed by atoms with Crippen molar-refractivity contribution in [2.24, 2.45) is 5.41 Å². The van der Waals surface area contributed by atoms with Crippen LogP contribution in [0.3, 0.4) is 0 Å². The van der Waals surface area contributed by atoms with Crippen molar-refractivity contribution in [2.75, 3.05) is 13.1 Å². The minimum Gasteiger partial charge on any atom is -0.444 e. The van der Waals surface area contributed by atoms with Gasteiger partial charge in [-0.3, -0.25) is 0 Å². The first-order chi connectivity index (χ1) is 6.76. The highest BCUT2D eigenvalue weighted by Gasteiger charge is 2.35. The quantitative estimate of drug-likeness (QED) is 0.624. The second-order valence-corrected chi connectivity index (χ2v) is 5.51. The average Bonchev–Trinajstić information content (AvgIpc) is 2.46. The number of carbonyl (C=O) groups excluding carboxylic acids is 1. The monoisotopic (exact) mass is 211 g/mol. The lowest BCUT2D eigenvalue weighted by Gasteiger charge is -2.25. The van der Waals surface area contributed by atoms with Crippen LogP contribution in [0.2, 0.25) is 0 Å². The highest BCUT2D eigenvalue weighted by molar-refractivity contribution is 5.68. The third kappa shape index (κ3) is 3.26. The number of hydrogen-bond donors (Lipinski definition) is 0. The summed E-state index contributed by atoms with van der Waals surface area (Å²) in [4.78, 5) is 13.5. The van der Waals surface area contributed by atoms with Crippen molar-refractivity contribution < 1.29 is 9.53 Å². The van der Waals surface area contributed by atoms with Crippen molar-refractivity contribution in [3.05, 3.63) is 12.7 Å². The van der Waals surface area contributed by atoms with Crippen LogP contribution in [0.15, 0.2) is 12.7 Å². The van der Waals surface area contributed by atoms with E-state index >= 15 is 0 Å². The Morgan fingerprint density at radius 2 is 2.13 bits per heavy atom. The van der Waals surface area contributed by atoms with Gasteiger partial charge in [0.25, 0.3) is 0 Å². The lowest BCUT2D eigenvalue weighted by Crippen LogP contribution is -2.36. The van der Waals surface area contributed by atoms with Crippen LogP contribution in [0.1, 0.15) is 34.1 Å². The molecule has 0 aliphatic carbocycles. The van der Waals surface area contributed by atoms with Crippen LogP contribution < -0.4 is 0 Å². The molecule has 0 N–H and O–H groups in total. The third-order valence-electron chi connectivity index (χ3n) is 2.65. The van der Waals surface area contributed by atoms with E-state index in [2.05, 4.69) is 13.5 Å². The SMILES string of the molecule is C=CC1(C)CCN(C(=O)OC(C)(C)C)C1. The molecule has 0 bridgehead atoms. The number of nitrogens with zero attached hydrogens (tertiary/aromatic N) is 1. The number of hydrogen-bond acceptors (Lipinski definition) is 2. The molecule has 86 valence electrons. The fourth-order valence-corrected chi connectivity index (χ4v) is 1.63. The average molecular weight is 211 g/mol. The summed E-state index contributed by atoms with van der Waals surface area (Å²) < 4.78 is 5.31. The fraction of sp³-hybridized carbons (Fsp3) is 0.750. The number of likely N-dealkylation sites (tertiary alicyclic amines) is 1. The van der Waals surface area contributed by atoms with Gasteiger partial charge in [-0.1, -0.05) is 13.0 Å². The van der Waals surface area contributed by atoms with Crippen LogP contribution in [0, 0.1) is 5.41 Å². The summed E-state index contributed by atoms with van der Waals surface area (Å²) in [7, 11) is 0. The Bertz CT molecular complexity index is 267. The van der Waals surface area contributed by atoms with Crippen LogP contribution in [-0.4, -0.2) is 29.7 Å². The van der Waals surface area contributed by atoms with E-state index in [4.69, 9.17) is 4.74 Å². The molecule has 0 saturated carbocycles. The first-order valence-corrected chi connectivity index (χ1v) is 5.37. The van der Waals surface area contributed by atoms with E-state index in [-0.39, 0.29) is 11.5 Å². The van der Waals surface area contributed by atoms with Crippen molar-refractivity contribution in [2.45, 2.75) is 39.7 Å². The Balaban J connectivity index is 2.54. The number of carbonyl (C=O) groups is 1. The van der Waals surface area contributed by atoms with Crippen LogP contribution in [0.25, 0.3) is 0 Å². The van der Waals surface area contributed by atoms with Gasteiger partial charge in [0.15, 0.2) is 0 Å². The van der Waals surface area contributed by atoms with Gasteiger partial charge in [0.1, 0.15) is 5.60 Å². The normalized spacial score (nSPS) is 26.5. The van der Waals surface area contributed by atoms with Gasteiger partial charge in [0, 0.05) is 18.5 Å². The predicted octanol–water partition coefficient (Wildman–Crippen LogP) is 2.82. The zero-order valence-electron chi connectivity index (χ0n) is 10.2. The zero-order valence-corrected chi connectivity index (χ0v) is 10.2. The van der Waals surface area contributed by atoms with Crippen LogP contribution in [-0.2, 0) is 4.74 Å². The first-order valence-electron chi connectivity index (χ1n) is 5.37. The number of ether oxygens (including phenoxy) is 1. The highest BCUT2D eigenvalue weighted by Crippen LogP contribution is 2.31. The summed E-state index contributed by atoms with van der Waals surface area (Å²) in [5, 5.41) is 0. The molecule has 0 aromatic heterocycles. The second kappa shape index (κ2) is 3.87. The van der Waals surface area contributed by atoms with Crippen molar-refractivity contribution in [1.29, 1.82) is 0 Å². The summed E-state index contributed by atoms with van der Waals surface area (Å²) in [6.45, 7) is 13.0. The van der Waals surface area contributed by atoms with Gasteiger partial charge in [-0.25, -0.2) is 4.79 Å². The zero-order chi connectivity index (χ0) is 11.7. The van der Waals surface area contributed by atoms with Crippen LogP contribution in [0.5, 0.6) is 0 Å². The number of amides is 1. The topological polar surface area (TPSA) is 29.5 Å². The van der Waals surface area contributed by atoms with Crippen LogP contribution >= 0.6 is 0 Å². The highest BCUT2D eigenvalue weighted by atomic mass is 16.6. The Hall–Kier alpha value is -0.990. The van der Waals surface area contributed by atoms with Gasteiger partial charge >= 0.3 is 6.09 Å². The maximum absolute atomic E-state index is 11.7. The third-order valence-corrected chi connectivity index (χ3v) is 2.65. The first kappa shape index (κ1) is 12.1. The van der Waals surface area contributed by atoms with Crippen LogP contribution in [0.4, 0.5) is 4.79 Å². The molecule has 1 aliphatic heterocycles. The second-order valence-electron chi connectivity index (χ2n) is 5.51. The Morgan fingerprint density at radius 1 is 1.53 bits per heavy atom. The molecular weight excluding hydrogens is 190 g/mol. The minimum atomic E-state index is -0.412. The van der Waals surface area contributed by atoms with Crippen molar-refractivity contribution in [1.82, 2.24) is 4.90 Å². The molecule has 0 aromatic rings. The summed E-state index contributed by atoms with van der Waals surface area (Å²) >= 11 is 0. The van der Waals surface area contributed by atoms with E-state index in [1.54, 1.807) is 4.90 Å². The van der Waals surface area contributed by atoms with Gasteiger partial charge in [0.05, 0.1) is 0 Å². The van der Waals surface area contributed by atoms with Gasteiger partial charge < -0.3 is 9.64 Å². The molecule has 1 rings (SSSR count). The molecule has 0 radical (unpaired) electrons. The molecule has 1 amide bonds. The number of rotatable bonds is 1. The van der Waals surface area contributed by atoms with E-state index in [0.717, 1.165) is 13.0 Å². The Morgan fingerprint density at radius 3 is 2.53 bits per heavy atom. The van der Waals surface area contributed by atoms with Gasteiger partial charge in [-0.15, -0.1) is 6.58 Å². The molecule has 15 heavy (non-hydrogen) atoms. The molecule has 0 spiro atoms. The molecule has 1 aliphatic rings. The molecule has 1 saturated heterocycles. The Kier molecular flexibility index (Phi) is 3.12. The molecule has 1 unspecified atom stereocenters. The van der Waals surface area contributed by atoms with Crippen molar-refractivity contribution in [3.8, 4) is 0 Å². The standard InChI is InChI=1S/C12H21NO2/c1-6-12(5)7-8-13(9-12)10(14)15-11(2,3)4/h6H,1,7-9H2,2-5H3. The van der Waals surface area contributed by atoms with Gasteiger partial charge in [0.2, 0.25) is 0 Å². The van der Waals surface area contributed by atoms with E-state index in [9.17, 15) is 4.79 Å². The molecular formula is C12H21NO2. The smallest absolute Gasteiger partial charge is 0.410 e. The van der Waals surface area contributed by atoms with Crippen molar-refractivity contribution in [3.63, 3.8) is 0 Å². The lowest BCUT2D eigenvalue weighted by atomic mass is 9.90. The lowest BCUT2D eigenvalue weighted by molar-refractivity contribution is 0.0282.